The minimum atomic E-state index is -3.03. The van der Waals surface area contributed by atoms with Crippen LogP contribution < -0.4 is 20.1 Å². The summed E-state index contributed by atoms with van der Waals surface area (Å²) in [7, 11) is 0. The summed E-state index contributed by atoms with van der Waals surface area (Å²) < 4.78 is 87.2. The van der Waals surface area contributed by atoms with Gasteiger partial charge in [-0.3, -0.25) is 4.90 Å². The molecule has 0 unspecified atom stereocenters. The Morgan fingerprint density at radius 3 is 2.84 bits per heavy atom. The van der Waals surface area contributed by atoms with Crippen molar-refractivity contribution in [3.05, 3.63) is 28.8 Å². The van der Waals surface area contributed by atoms with Crippen molar-refractivity contribution in [3.63, 3.8) is 0 Å². The highest BCUT2D eigenvalue weighted by molar-refractivity contribution is 7.22. The molecule has 0 radical (unpaired) electrons. The highest BCUT2D eigenvalue weighted by atomic mass is 35.5. The van der Waals surface area contributed by atoms with Crippen molar-refractivity contribution in [1.29, 1.82) is 0 Å². The second kappa shape index (κ2) is 9.38. The van der Waals surface area contributed by atoms with Crippen molar-refractivity contribution in [2.24, 2.45) is 0 Å². The van der Waals surface area contributed by atoms with Gasteiger partial charge in [-0.15, -0.1) is 0 Å². The normalized spacial score (nSPS) is 26.1. The first kappa shape index (κ1) is 27.3. The van der Waals surface area contributed by atoms with E-state index in [1.54, 1.807) is 0 Å². The number of fused-ring (bicyclic) bond motifs is 4. The van der Waals surface area contributed by atoms with Crippen LogP contribution in [0.5, 0.6) is 11.8 Å². The lowest BCUT2D eigenvalue weighted by molar-refractivity contribution is 0.0205. The molecule has 0 bridgehead atoms. The third kappa shape index (κ3) is 4.12. The van der Waals surface area contributed by atoms with Crippen LogP contribution in [0.4, 0.5) is 32.9 Å². The SMILES string of the molecule is Nc1nc2c(-c3c(Cl)c4c5c(nc(OC[C@@]67CCCN6C[C@H](F)C7)nc5c3F)N3CC(F)(F)C[C@@H]3CO4)ccc(F)c2s1. The molecule has 4 aromatic rings. The first-order chi connectivity index (χ1) is 20.5. The van der Waals surface area contributed by atoms with Gasteiger partial charge >= 0.3 is 6.01 Å². The number of hydrogen-bond acceptors (Lipinski definition) is 9. The minimum Gasteiger partial charge on any atom is -0.489 e. The Labute approximate surface area is 250 Å². The number of anilines is 2. The molecule has 0 spiro atoms. The van der Waals surface area contributed by atoms with Crippen molar-refractivity contribution in [3.8, 4) is 22.9 Å². The number of ether oxygens (including phenoxy) is 2. The molecule has 2 aromatic carbocycles. The van der Waals surface area contributed by atoms with Gasteiger partial charge in [-0.05, 0) is 31.5 Å². The number of thiazole rings is 1. The Kier molecular flexibility index (Phi) is 5.96. The van der Waals surface area contributed by atoms with Crippen molar-refractivity contribution < 1.29 is 31.4 Å². The Morgan fingerprint density at radius 1 is 1.16 bits per heavy atom. The molecule has 2 N–H and O–H groups in total. The molecule has 226 valence electrons. The quantitative estimate of drug-likeness (QED) is 0.273. The maximum Gasteiger partial charge on any atom is 0.319 e. The van der Waals surface area contributed by atoms with E-state index in [2.05, 4.69) is 19.9 Å². The van der Waals surface area contributed by atoms with Crippen LogP contribution in [0.25, 0.3) is 32.2 Å². The van der Waals surface area contributed by atoms with Crippen molar-refractivity contribution in [2.75, 3.05) is 43.5 Å². The van der Waals surface area contributed by atoms with Crippen LogP contribution in [-0.4, -0.2) is 76.4 Å². The van der Waals surface area contributed by atoms with E-state index >= 15 is 4.39 Å². The van der Waals surface area contributed by atoms with Gasteiger partial charge in [0.1, 0.15) is 36.5 Å². The summed E-state index contributed by atoms with van der Waals surface area (Å²) in [5.74, 6) is -4.48. The van der Waals surface area contributed by atoms with Gasteiger partial charge in [0.25, 0.3) is 5.92 Å². The van der Waals surface area contributed by atoms with Crippen LogP contribution in [0, 0.1) is 11.6 Å². The van der Waals surface area contributed by atoms with Crippen molar-refractivity contribution in [1.82, 2.24) is 19.9 Å². The number of nitrogens with two attached hydrogens (primary N) is 1. The number of alkyl halides is 3. The number of aromatic nitrogens is 3. The van der Waals surface area contributed by atoms with Crippen LogP contribution in [0.1, 0.15) is 25.7 Å². The van der Waals surface area contributed by atoms with Gasteiger partial charge in [0.05, 0.1) is 38.8 Å². The monoisotopic (exact) mass is 638 g/mol. The van der Waals surface area contributed by atoms with E-state index in [0.29, 0.717) is 6.54 Å². The molecule has 3 saturated heterocycles. The molecule has 0 amide bonds. The highest BCUT2D eigenvalue weighted by Gasteiger charge is 2.50. The maximum atomic E-state index is 16.7. The molecule has 0 saturated carbocycles. The van der Waals surface area contributed by atoms with Crippen LogP contribution in [0.3, 0.4) is 0 Å². The topological polar surface area (TPSA) is 89.6 Å². The lowest BCUT2D eigenvalue weighted by atomic mass is 9.95. The molecule has 3 fully saturated rings. The smallest absolute Gasteiger partial charge is 0.319 e. The average Bonchev–Trinajstić information content (AvgIpc) is 3.67. The summed E-state index contributed by atoms with van der Waals surface area (Å²) in [6.45, 7) is 0.274. The molecule has 3 atom stereocenters. The lowest BCUT2D eigenvalue weighted by Gasteiger charge is -2.31. The van der Waals surface area contributed by atoms with E-state index in [1.165, 1.54) is 17.0 Å². The van der Waals surface area contributed by atoms with E-state index in [0.717, 1.165) is 30.7 Å². The molecular weight excluding hydrogens is 615 g/mol. The molecule has 15 heteroatoms. The molecule has 6 heterocycles. The second-order valence-electron chi connectivity index (χ2n) is 11.7. The zero-order valence-electron chi connectivity index (χ0n) is 22.5. The van der Waals surface area contributed by atoms with E-state index < -0.39 is 48.3 Å². The molecular formula is C28H24ClF5N6O2S. The van der Waals surface area contributed by atoms with E-state index in [4.69, 9.17) is 26.8 Å². The zero-order valence-corrected chi connectivity index (χ0v) is 24.1. The second-order valence-corrected chi connectivity index (χ2v) is 13.1. The Bertz CT molecular complexity index is 1830. The zero-order chi connectivity index (χ0) is 29.8. The number of hydrogen-bond donors (Lipinski definition) is 1. The number of halogens is 6. The molecule has 43 heavy (non-hydrogen) atoms. The molecule has 8 nitrogen and oxygen atoms in total. The molecule has 4 aliphatic heterocycles. The van der Waals surface area contributed by atoms with E-state index in [1.807, 2.05) is 0 Å². The van der Waals surface area contributed by atoms with Gasteiger partial charge < -0.3 is 20.1 Å². The van der Waals surface area contributed by atoms with Gasteiger partial charge in [-0.1, -0.05) is 22.9 Å². The van der Waals surface area contributed by atoms with Crippen LogP contribution in [-0.2, 0) is 0 Å². The first-order valence-electron chi connectivity index (χ1n) is 13.9. The van der Waals surface area contributed by atoms with Gasteiger partial charge in [0.2, 0.25) is 0 Å². The summed E-state index contributed by atoms with van der Waals surface area (Å²) in [5.41, 5.74) is 5.17. The van der Waals surface area contributed by atoms with E-state index in [9.17, 15) is 17.6 Å². The first-order valence-corrected chi connectivity index (χ1v) is 15.1. The van der Waals surface area contributed by atoms with Gasteiger partial charge in [-0.2, -0.15) is 9.97 Å². The largest absolute Gasteiger partial charge is 0.489 e. The summed E-state index contributed by atoms with van der Waals surface area (Å²) in [5, 5.41) is -0.0469. The van der Waals surface area contributed by atoms with Gasteiger partial charge in [0, 0.05) is 30.5 Å². The van der Waals surface area contributed by atoms with Gasteiger partial charge in [-0.25, -0.2) is 26.9 Å². The molecule has 4 aliphatic rings. The fraction of sp³-hybridized carbons (Fsp3) is 0.464. The third-order valence-corrected chi connectivity index (χ3v) is 10.3. The average molecular weight is 639 g/mol. The Balaban J connectivity index is 1.33. The van der Waals surface area contributed by atoms with Crippen molar-refractivity contribution >= 4 is 55.0 Å². The highest BCUT2D eigenvalue weighted by Crippen LogP contribution is 2.51. The fourth-order valence-electron chi connectivity index (χ4n) is 7.19. The summed E-state index contributed by atoms with van der Waals surface area (Å²) in [6, 6.07) is 1.49. The Hall–Kier alpha value is -3.23. The number of rotatable bonds is 4. The minimum absolute atomic E-state index is 0.0137. The Morgan fingerprint density at radius 2 is 2.00 bits per heavy atom. The predicted octanol–water partition coefficient (Wildman–Crippen LogP) is 5.98. The number of benzene rings is 2. The fourth-order valence-corrected chi connectivity index (χ4v) is 8.29. The van der Waals surface area contributed by atoms with Crippen LogP contribution in [0.2, 0.25) is 5.02 Å². The molecule has 0 aliphatic carbocycles. The summed E-state index contributed by atoms with van der Waals surface area (Å²) in [6.07, 6.45) is 0.402. The summed E-state index contributed by atoms with van der Waals surface area (Å²) in [4.78, 5) is 16.6. The van der Waals surface area contributed by atoms with Crippen LogP contribution >= 0.6 is 22.9 Å². The third-order valence-electron chi connectivity index (χ3n) is 9.02. The lowest BCUT2D eigenvalue weighted by Crippen LogP contribution is -2.43. The maximum absolute atomic E-state index is 16.7. The number of nitrogen functional groups attached to an aromatic ring is 1. The number of nitrogens with zero attached hydrogens (tertiary/aromatic N) is 5. The standard InChI is InChI=1S/C28H24ClF5N6O2S/c29-18-16(14-2-3-15(31)23-20(14)36-25(35)43-23)19(32)21-17-22(18)41-9-13-7-28(33,34)10-40(13)24(17)38-26(37-21)42-11-27-4-1-5-39(27)8-12(30)6-27/h2-3,12-13H,1,4-11H2,(H2,35,36)/t12-,13-,27+/m1/s1. The van der Waals surface area contributed by atoms with Crippen LogP contribution in [0.15, 0.2) is 12.1 Å². The van der Waals surface area contributed by atoms with Crippen molar-refractivity contribution in [2.45, 2.75) is 49.4 Å². The molecule has 8 rings (SSSR count). The molecule has 2 aromatic heterocycles. The van der Waals surface area contributed by atoms with E-state index in [-0.39, 0.29) is 79.6 Å². The van der Waals surface area contributed by atoms with Gasteiger partial charge in [0.15, 0.2) is 16.7 Å². The predicted molar refractivity (Wildman–Crippen MR) is 152 cm³/mol. The summed E-state index contributed by atoms with van der Waals surface area (Å²) >= 11 is 7.73.